The predicted molar refractivity (Wildman–Crippen MR) is 131 cm³/mol. The van der Waals surface area contributed by atoms with E-state index >= 15 is 0 Å². The van der Waals surface area contributed by atoms with Crippen LogP contribution in [0.4, 0.5) is 11.4 Å². The number of carbonyl (C=O) groups excluding carboxylic acids is 1. The van der Waals surface area contributed by atoms with Gasteiger partial charge in [0.1, 0.15) is 5.75 Å². The summed E-state index contributed by atoms with van der Waals surface area (Å²) in [6.45, 7) is 8.28. The number of anilines is 2. The van der Waals surface area contributed by atoms with Gasteiger partial charge in [0, 0.05) is 30.2 Å². The lowest BCUT2D eigenvalue weighted by molar-refractivity contribution is 0.0982. The monoisotopic (exact) mass is 431 g/mol. The molecule has 4 rings (SSSR count). The normalized spacial score (nSPS) is 14.1. The van der Waals surface area contributed by atoms with Crippen molar-refractivity contribution in [3.05, 3.63) is 59.8 Å². The first-order chi connectivity index (χ1) is 15.7. The van der Waals surface area contributed by atoms with Crippen molar-refractivity contribution < 1.29 is 9.53 Å². The van der Waals surface area contributed by atoms with Gasteiger partial charge in [0.15, 0.2) is 5.78 Å². The second kappa shape index (κ2) is 10.6. The zero-order valence-electron chi connectivity index (χ0n) is 19.2. The highest BCUT2D eigenvalue weighted by atomic mass is 16.5. The molecule has 5 nitrogen and oxygen atoms in total. The molecule has 0 unspecified atom stereocenters. The van der Waals surface area contributed by atoms with Crippen LogP contribution in [-0.2, 0) is 0 Å². The molecule has 2 heterocycles. The average Bonchev–Trinajstić information content (AvgIpc) is 3.32. The molecule has 0 aliphatic carbocycles. The van der Waals surface area contributed by atoms with E-state index in [9.17, 15) is 4.79 Å². The molecule has 168 valence electrons. The second-order valence-corrected chi connectivity index (χ2v) is 8.59. The maximum absolute atomic E-state index is 12.9. The standard InChI is InChI=1S/C27H33N3O2/c1-3-9-26(31)23-19-28-25-13-12-21(32-17-8-16-30-14-6-7-15-30)18-22(25)27(23)29-24-11-5-4-10-20(24)2/h4-5,10-13,18-19H,3,6-9,14-17H2,1-2H3,(H,28,29). The van der Waals surface area contributed by atoms with Gasteiger partial charge >= 0.3 is 0 Å². The molecule has 32 heavy (non-hydrogen) atoms. The van der Waals surface area contributed by atoms with Crippen molar-refractivity contribution in [3.8, 4) is 5.75 Å². The number of Topliss-reactive ketones (excluding diaryl/α,β-unsaturated/α-hetero) is 1. The summed E-state index contributed by atoms with van der Waals surface area (Å²) in [6.07, 6.45) is 6.66. The van der Waals surface area contributed by atoms with Crippen LogP contribution in [0.5, 0.6) is 5.75 Å². The van der Waals surface area contributed by atoms with Crippen LogP contribution in [0, 0.1) is 6.92 Å². The highest BCUT2D eigenvalue weighted by Gasteiger charge is 2.17. The Morgan fingerprint density at radius 2 is 1.97 bits per heavy atom. The molecule has 0 saturated carbocycles. The molecular weight excluding hydrogens is 398 g/mol. The predicted octanol–water partition coefficient (Wildman–Crippen LogP) is 6.13. The molecule has 1 aliphatic rings. The lowest BCUT2D eigenvalue weighted by Gasteiger charge is -2.17. The van der Waals surface area contributed by atoms with Crippen molar-refractivity contribution in [1.82, 2.24) is 9.88 Å². The summed E-state index contributed by atoms with van der Waals surface area (Å²) >= 11 is 0. The van der Waals surface area contributed by atoms with Gasteiger partial charge in [0.05, 0.1) is 23.4 Å². The average molecular weight is 432 g/mol. The summed E-state index contributed by atoms with van der Waals surface area (Å²) in [5, 5.41) is 4.44. The number of likely N-dealkylation sites (tertiary alicyclic amines) is 1. The van der Waals surface area contributed by atoms with Crippen molar-refractivity contribution >= 4 is 28.1 Å². The van der Waals surface area contributed by atoms with Crippen LogP contribution in [0.25, 0.3) is 10.9 Å². The van der Waals surface area contributed by atoms with E-state index in [-0.39, 0.29) is 5.78 Å². The van der Waals surface area contributed by atoms with E-state index in [0.717, 1.165) is 53.0 Å². The molecule has 2 aromatic carbocycles. The van der Waals surface area contributed by atoms with Gasteiger partial charge in [-0.3, -0.25) is 9.78 Å². The van der Waals surface area contributed by atoms with E-state index in [4.69, 9.17) is 4.74 Å². The summed E-state index contributed by atoms with van der Waals surface area (Å²) in [4.78, 5) is 20.0. The SMILES string of the molecule is CCCC(=O)c1cnc2ccc(OCCCN3CCCC3)cc2c1Nc1ccccc1C. The maximum atomic E-state index is 12.9. The molecule has 3 aromatic rings. The molecular formula is C27H33N3O2. The van der Waals surface area contributed by atoms with Crippen LogP contribution in [0.15, 0.2) is 48.7 Å². The number of carbonyl (C=O) groups is 1. The number of aryl methyl sites for hydroxylation is 1. The van der Waals surface area contributed by atoms with Gasteiger partial charge in [-0.05, 0) is 75.5 Å². The van der Waals surface area contributed by atoms with Crippen molar-refractivity contribution in [2.75, 3.05) is 31.6 Å². The van der Waals surface area contributed by atoms with Gasteiger partial charge in [0.25, 0.3) is 0 Å². The molecule has 1 aromatic heterocycles. The van der Waals surface area contributed by atoms with E-state index in [1.807, 2.05) is 43.3 Å². The highest BCUT2D eigenvalue weighted by molar-refractivity contribution is 6.09. The highest BCUT2D eigenvalue weighted by Crippen LogP contribution is 2.33. The van der Waals surface area contributed by atoms with Gasteiger partial charge in [-0.15, -0.1) is 0 Å². The summed E-state index contributed by atoms with van der Waals surface area (Å²) in [6, 6.07) is 14.1. The van der Waals surface area contributed by atoms with E-state index < -0.39 is 0 Å². The number of nitrogens with zero attached hydrogens (tertiary/aromatic N) is 2. The third-order valence-electron chi connectivity index (χ3n) is 6.11. The van der Waals surface area contributed by atoms with Gasteiger partial charge in [0.2, 0.25) is 0 Å². The fraction of sp³-hybridized carbons (Fsp3) is 0.407. The number of fused-ring (bicyclic) bond motifs is 1. The first-order valence-electron chi connectivity index (χ1n) is 11.8. The second-order valence-electron chi connectivity index (χ2n) is 8.59. The molecule has 0 amide bonds. The molecule has 1 saturated heterocycles. The van der Waals surface area contributed by atoms with Crippen molar-refractivity contribution in [1.29, 1.82) is 0 Å². The molecule has 0 spiro atoms. The number of nitrogens with one attached hydrogen (secondary N) is 1. The van der Waals surface area contributed by atoms with Crippen molar-refractivity contribution in [2.24, 2.45) is 0 Å². The smallest absolute Gasteiger partial charge is 0.166 e. The third-order valence-corrected chi connectivity index (χ3v) is 6.11. The lowest BCUT2D eigenvalue weighted by atomic mass is 10.0. The van der Waals surface area contributed by atoms with E-state index in [0.29, 0.717) is 18.6 Å². The van der Waals surface area contributed by atoms with Crippen LogP contribution < -0.4 is 10.1 Å². The van der Waals surface area contributed by atoms with E-state index in [1.165, 1.54) is 25.9 Å². The Kier molecular flexibility index (Phi) is 7.38. The number of ketones is 1. The summed E-state index contributed by atoms with van der Waals surface area (Å²) in [5.74, 6) is 0.920. The third kappa shape index (κ3) is 5.28. The molecule has 5 heteroatoms. The number of rotatable bonds is 10. The minimum atomic E-state index is 0.106. The number of para-hydroxylation sites is 1. The summed E-state index contributed by atoms with van der Waals surface area (Å²) in [7, 11) is 0. The molecule has 1 fully saturated rings. The summed E-state index contributed by atoms with van der Waals surface area (Å²) < 4.78 is 6.08. The number of hydrogen-bond donors (Lipinski definition) is 1. The number of benzene rings is 2. The molecule has 0 bridgehead atoms. The Hall–Kier alpha value is -2.92. The maximum Gasteiger partial charge on any atom is 0.166 e. The van der Waals surface area contributed by atoms with Crippen LogP contribution >= 0.6 is 0 Å². The number of aromatic nitrogens is 1. The minimum Gasteiger partial charge on any atom is -0.494 e. The van der Waals surface area contributed by atoms with Crippen LogP contribution in [-0.4, -0.2) is 41.9 Å². The Balaban J connectivity index is 1.61. The molecule has 0 radical (unpaired) electrons. The molecule has 1 aliphatic heterocycles. The van der Waals surface area contributed by atoms with E-state index in [1.54, 1.807) is 6.20 Å². The van der Waals surface area contributed by atoms with Crippen molar-refractivity contribution in [3.63, 3.8) is 0 Å². The quantitative estimate of drug-likeness (QED) is 0.309. The topological polar surface area (TPSA) is 54.5 Å². The largest absolute Gasteiger partial charge is 0.494 e. The Morgan fingerprint density at radius 3 is 2.75 bits per heavy atom. The lowest BCUT2D eigenvalue weighted by Crippen LogP contribution is -2.21. The molecule has 1 N–H and O–H groups in total. The Labute approximate surface area is 190 Å². The number of ether oxygens (including phenoxy) is 1. The van der Waals surface area contributed by atoms with Crippen LogP contribution in [0.3, 0.4) is 0 Å². The van der Waals surface area contributed by atoms with Gasteiger partial charge in [-0.1, -0.05) is 25.1 Å². The number of pyridine rings is 1. The Bertz CT molecular complexity index is 1070. The number of hydrogen-bond acceptors (Lipinski definition) is 5. The first kappa shape index (κ1) is 22.3. The van der Waals surface area contributed by atoms with Gasteiger partial charge in [-0.25, -0.2) is 0 Å². The van der Waals surface area contributed by atoms with Crippen LogP contribution in [0.1, 0.15) is 54.9 Å². The van der Waals surface area contributed by atoms with Crippen LogP contribution in [0.2, 0.25) is 0 Å². The van der Waals surface area contributed by atoms with Gasteiger partial charge < -0.3 is 15.0 Å². The zero-order valence-corrected chi connectivity index (χ0v) is 19.2. The van der Waals surface area contributed by atoms with Gasteiger partial charge in [-0.2, -0.15) is 0 Å². The zero-order chi connectivity index (χ0) is 22.3. The fourth-order valence-corrected chi connectivity index (χ4v) is 4.30. The first-order valence-corrected chi connectivity index (χ1v) is 11.8. The minimum absolute atomic E-state index is 0.106. The summed E-state index contributed by atoms with van der Waals surface area (Å²) in [5.41, 5.74) is 4.40. The fourth-order valence-electron chi connectivity index (χ4n) is 4.30. The van der Waals surface area contributed by atoms with E-state index in [2.05, 4.69) is 28.2 Å². The van der Waals surface area contributed by atoms with Crippen molar-refractivity contribution in [2.45, 2.75) is 46.0 Å². The molecule has 0 atom stereocenters. The Morgan fingerprint density at radius 1 is 1.16 bits per heavy atom.